The van der Waals surface area contributed by atoms with Gasteiger partial charge in [-0.25, -0.2) is 4.79 Å². The minimum atomic E-state index is 0.0288. The normalized spacial score (nSPS) is 11.3. The first-order chi connectivity index (χ1) is 8.65. The van der Waals surface area contributed by atoms with E-state index in [1.807, 2.05) is 20.2 Å². The van der Waals surface area contributed by atoms with Crippen LogP contribution in [0.5, 0.6) is 0 Å². The maximum absolute atomic E-state index is 11.8. The molecule has 0 bridgehead atoms. The topological polar surface area (TPSA) is 39.0 Å². The summed E-state index contributed by atoms with van der Waals surface area (Å²) in [6.45, 7) is 4.09. The van der Waals surface area contributed by atoms with Gasteiger partial charge in [-0.2, -0.15) is 0 Å². The molecule has 0 aliphatic heterocycles. The van der Waals surface area contributed by atoms with Crippen LogP contribution in [0.1, 0.15) is 25.3 Å². The lowest BCUT2D eigenvalue weighted by Gasteiger charge is -2.04. The summed E-state index contributed by atoms with van der Waals surface area (Å²) < 4.78 is 3.38. The number of aromatic nitrogens is 2. The summed E-state index contributed by atoms with van der Waals surface area (Å²) in [4.78, 5) is 11.8. The SMILES string of the molecule is CCCCNCc1ccc2c(c1)n(C)c(=O)n2C. The van der Waals surface area contributed by atoms with Gasteiger partial charge in [0.05, 0.1) is 11.0 Å². The molecule has 0 atom stereocenters. The Morgan fingerprint density at radius 1 is 1.17 bits per heavy atom. The molecule has 1 heterocycles. The van der Waals surface area contributed by atoms with Crippen LogP contribution in [0.15, 0.2) is 23.0 Å². The van der Waals surface area contributed by atoms with Crippen LogP contribution in [0.3, 0.4) is 0 Å². The largest absolute Gasteiger partial charge is 0.328 e. The van der Waals surface area contributed by atoms with E-state index in [9.17, 15) is 4.79 Å². The lowest BCUT2D eigenvalue weighted by Crippen LogP contribution is -2.19. The van der Waals surface area contributed by atoms with E-state index in [-0.39, 0.29) is 5.69 Å². The Labute approximate surface area is 107 Å². The fourth-order valence-electron chi connectivity index (χ4n) is 2.20. The van der Waals surface area contributed by atoms with Crippen molar-refractivity contribution in [1.29, 1.82) is 0 Å². The summed E-state index contributed by atoms with van der Waals surface area (Å²) in [5, 5.41) is 3.41. The van der Waals surface area contributed by atoms with Crippen LogP contribution in [0.4, 0.5) is 0 Å². The second-order valence-electron chi connectivity index (χ2n) is 4.75. The minimum Gasteiger partial charge on any atom is -0.313 e. The quantitative estimate of drug-likeness (QED) is 0.818. The van der Waals surface area contributed by atoms with Gasteiger partial charge in [0.1, 0.15) is 0 Å². The fourth-order valence-corrected chi connectivity index (χ4v) is 2.20. The van der Waals surface area contributed by atoms with Gasteiger partial charge in [0, 0.05) is 20.6 Å². The molecule has 2 rings (SSSR count). The zero-order valence-electron chi connectivity index (χ0n) is 11.4. The van der Waals surface area contributed by atoms with Crippen LogP contribution in [-0.2, 0) is 20.6 Å². The molecule has 4 nitrogen and oxygen atoms in total. The Kier molecular flexibility index (Phi) is 3.87. The number of imidazole rings is 1. The van der Waals surface area contributed by atoms with Crippen LogP contribution >= 0.6 is 0 Å². The summed E-state index contributed by atoms with van der Waals surface area (Å²) in [6.07, 6.45) is 2.41. The van der Waals surface area contributed by atoms with Gasteiger partial charge in [-0.1, -0.05) is 19.4 Å². The third kappa shape index (κ3) is 2.34. The second kappa shape index (κ2) is 5.40. The van der Waals surface area contributed by atoms with Gasteiger partial charge in [-0.15, -0.1) is 0 Å². The Morgan fingerprint density at radius 3 is 2.61 bits per heavy atom. The molecule has 0 saturated heterocycles. The van der Waals surface area contributed by atoms with E-state index in [0.29, 0.717) is 0 Å². The van der Waals surface area contributed by atoms with Crippen LogP contribution in [0, 0.1) is 0 Å². The van der Waals surface area contributed by atoms with E-state index in [4.69, 9.17) is 0 Å². The number of aryl methyl sites for hydroxylation is 2. The zero-order chi connectivity index (χ0) is 13.1. The highest BCUT2D eigenvalue weighted by Gasteiger charge is 2.07. The maximum Gasteiger partial charge on any atom is 0.328 e. The maximum atomic E-state index is 11.8. The molecule has 0 saturated carbocycles. The molecule has 4 heteroatoms. The fraction of sp³-hybridized carbons (Fsp3) is 0.500. The van der Waals surface area contributed by atoms with Crippen molar-refractivity contribution in [2.45, 2.75) is 26.3 Å². The van der Waals surface area contributed by atoms with Gasteiger partial charge in [0.2, 0.25) is 0 Å². The van der Waals surface area contributed by atoms with Gasteiger partial charge < -0.3 is 5.32 Å². The standard InChI is InChI=1S/C14H21N3O/c1-4-5-8-15-10-11-6-7-12-13(9-11)17(3)14(18)16(12)2/h6-7,9,15H,4-5,8,10H2,1-3H3. The molecule has 1 N–H and O–H groups in total. The molecule has 0 aliphatic rings. The van der Waals surface area contributed by atoms with Crippen molar-refractivity contribution in [1.82, 2.24) is 14.5 Å². The van der Waals surface area contributed by atoms with E-state index >= 15 is 0 Å². The summed E-state index contributed by atoms with van der Waals surface area (Å²) in [5.41, 5.74) is 3.23. The lowest BCUT2D eigenvalue weighted by molar-refractivity contribution is 0.641. The van der Waals surface area contributed by atoms with E-state index in [1.54, 1.807) is 9.13 Å². The Hall–Kier alpha value is -1.55. The average molecular weight is 247 g/mol. The lowest BCUT2D eigenvalue weighted by atomic mass is 10.2. The number of hydrogen-bond donors (Lipinski definition) is 1. The number of unbranched alkanes of at least 4 members (excludes halogenated alkanes) is 1. The van der Waals surface area contributed by atoms with E-state index in [2.05, 4.69) is 24.4 Å². The molecule has 2 aromatic rings. The van der Waals surface area contributed by atoms with E-state index in [0.717, 1.165) is 24.1 Å². The number of benzene rings is 1. The summed E-state index contributed by atoms with van der Waals surface area (Å²) in [6, 6.07) is 6.20. The Bertz CT molecular complexity index is 595. The molecule has 0 amide bonds. The van der Waals surface area contributed by atoms with Gasteiger partial charge in [0.25, 0.3) is 0 Å². The number of fused-ring (bicyclic) bond motifs is 1. The molecule has 0 radical (unpaired) electrons. The molecule has 0 aliphatic carbocycles. The van der Waals surface area contributed by atoms with Crippen molar-refractivity contribution in [3.05, 3.63) is 34.2 Å². The third-order valence-corrected chi connectivity index (χ3v) is 3.37. The number of nitrogens with one attached hydrogen (secondary N) is 1. The molecule has 98 valence electrons. The smallest absolute Gasteiger partial charge is 0.313 e. The first-order valence-corrected chi connectivity index (χ1v) is 6.50. The van der Waals surface area contributed by atoms with Crippen molar-refractivity contribution in [2.75, 3.05) is 6.54 Å². The molecule has 0 fully saturated rings. The molecular formula is C14H21N3O. The summed E-state index contributed by atoms with van der Waals surface area (Å²) >= 11 is 0. The Balaban J connectivity index is 2.22. The number of rotatable bonds is 5. The van der Waals surface area contributed by atoms with Crippen molar-refractivity contribution >= 4 is 11.0 Å². The van der Waals surface area contributed by atoms with E-state index in [1.165, 1.54) is 18.4 Å². The molecule has 1 aromatic carbocycles. The molecule has 1 aromatic heterocycles. The average Bonchev–Trinajstić information content (AvgIpc) is 2.60. The van der Waals surface area contributed by atoms with Crippen LogP contribution in [-0.4, -0.2) is 15.7 Å². The van der Waals surface area contributed by atoms with Crippen molar-refractivity contribution in [2.24, 2.45) is 14.1 Å². The van der Waals surface area contributed by atoms with Crippen molar-refractivity contribution in [3.63, 3.8) is 0 Å². The van der Waals surface area contributed by atoms with Gasteiger partial charge in [-0.3, -0.25) is 9.13 Å². The van der Waals surface area contributed by atoms with Gasteiger partial charge in [-0.05, 0) is 30.7 Å². The zero-order valence-corrected chi connectivity index (χ0v) is 11.4. The van der Waals surface area contributed by atoms with Crippen LogP contribution < -0.4 is 11.0 Å². The van der Waals surface area contributed by atoms with E-state index < -0.39 is 0 Å². The highest BCUT2D eigenvalue weighted by Crippen LogP contribution is 2.13. The predicted octanol–water partition coefficient (Wildman–Crippen LogP) is 1.77. The van der Waals surface area contributed by atoms with Crippen LogP contribution in [0.2, 0.25) is 0 Å². The van der Waals surface area contributed by atoms with Crippen molar-refractivity contribution in [3.8, 4) is 0 Å². The molecular weight excluding hydrogens is 226 g/mol. The molecule has 18 heavy (non-hydrogen) atoms. The summed E-state index contributed by atoms with van der Waals surface area (Å²) in [7, 11) is 3.63. The summed E-state index contributed by atoms with van der Waals surface area (Å²) in [5.74, 6) is 0. The monoisotopic (exact) mass is 247 g/mol. The minimum absolute atomic E-state index is 0.0288. The number of nitrogens with zero attached hydrogens (tertiary/aromatic N) is 2. The predicted molar refractivity (Wildman–Crippen MR) is 74.8 cm³/mol. The van der Waals surface area contributed by atoms with Crippen molar-refractivity contribution < 1.29 is 0 Å². The highest BCUT2D eigenvalue weighted by molar-refractivity contribution is 5.76. The van der Waals surface area contributed by atoms with Gasteiger partial charge >= 0.3 is 5.69 Å². The molecule has 0 unspecified atom stereocenters. The number of hydrogen-bond acceptors (Lipinski definition) is 2. The first-order valence-electron chi connectivity index (χ1n) is 6.50. The molecule has 0 spiro atoms. The highest BCUT2D eigenvalue weighted by atomic mass is 16.1. The van der Waals surface area contributed by atoms with Crippen LogP contribution in [0.25, 0.3) is 11.0 Å². The third-order valence-electron chi connectivity index (χ3n) is 3.37. The Morgan fingerprint density at radius 2 is 1.89 bits per heavy atom. The van der Waals surface area contributed by atoms with Gasteiger partial charge in [0.15, 0.2) is 0 Å². The second-order valence-corrected chi connectivity index (χ2v) is 4.75. The first kappa shape index (κ1) is 12.9.